The topological polar surface area (TPSA) is 29.4 Å². The van der Waals surface area contributed by atoms with Crippen molar-refractivity contribution in [3.05, 3.63) is 120 Å². The number of likely N-dealkylation sites (N-methyl/N-ethyl adjacent to an activating group) is 1. The van der Waals surface area contributed by atoms with Crippen molar-refractivity contribution in [3.63, 3.8) is 0 Å². The van der Waals surface area contributed by atoms with E-state index in [0.717, 1.165) is 29.4 Å². The maximum Gasteiger partial charge on any atom is 0.134 e. The van der Waals surface area contributed by atoms with E-state index in [1.54, 1.807) is 0 Å². The molecule has 1 atom stereocenters. The highest BCUT2D eigenvalue weighted by molar-refractivity contribution is 6.13. The molecule has 1 unspecified atom stereocenters. The van der Waals surface area contributed by atoms with Crippen molar-refractivity contribution < 1.29 is 4.74 Å². The van der Waals surface area contributed by atoms with Gasteiger partial charge in [-0.05, 0) is 54.1 Å². The van der Waals surface area contributed by atoms with E-state index >= 15 is 0 Å². The molecule has 0 fully saturated rings. The molecular formula is C33H23N3O. The molecule has 5 aromatic carbocycles. The number of fused-ring (bicyclic) bond motifs is 6. The third-order valence-electron chi connectivity index (χ3n) is 8.56. The SMILES string of the molecule is CN1CC23c4ccccc4-n4c5ccccc5c5ccc(c2c54)Oc2cccc(c23)Nc2ccccc21. The number of benzene rings is 5. The van der Waals surface area contributed by atoms with Gasteiger partial charge in [-0.1, -0.05) is 54.6 Å². The molecule has 4 heterocycles. The van der Waals surface area contributed by atoms with Crippen LogP contribution in [0, 0.1) is 0 Å². The summed E-state index contributed by atoms with van der Waals surface area (Å²) in [7, 11) is 2.21. The second kappa shape index (κ2) is 6.54. The van der Waals surface area contributed by atoms with E-state index in [4.69, 9.17) is 4.74 Å². The number of para-hydroxylation sites is 4. The average molecular weight is 478 g/mol. The first kappa shape index (κ1) is 19.5. The fourth-order valence-electron chi connectivity index (χ4n) is 7.23. The van der Waals surface area contributed by atoms with Crippen molar-refractivity contribution in [2.24, 2.45) is 0 Å². The lowest BCUT2D eigenvalue weighted by atomic mass is 9.64. The fourth-order valence-corrected chi connectivity index (χ4v) is 7.23. The molecule has 0 bridgehead atoms. The number of anilines is 3. The van der Waals surface area contributed by atoms with E-state index in [9.17, 15) is 0 Å². The van der Waals surface area contributed by atoms with E-state index < -0.39 is 5.41 Å². The molecule has 6 aromatic rings. The molecule has 4 heteroatoms. The Balaban J connectivity index is 1.53. The van der Waals surface area contributed by atoms with Crippen molar-refractivity contribution in [1.82, 2.24) is 4.57 Å². The minimum absolute atomic E-state index is 0.421. The second-order valence-corrected chi connectivity index (χ2v) is 10.4. The Hall–Kier alpha value is -4.70. The van der Waals surface area contributed by atoms with Gasteiger partial charge in [-0.3, -0.25) is 0 Å². The lowest BCUT2D eigenvalue weighted by Gasteiger charge is -2.48. The largest absolute Gasteiger partial charge is 0.457 e. The first-order valence-corrected chi connectivity index (χ1v) is 12.8. The van der Waals surface area contributed by atoms with Crippen LogP contribution in [0.3, 0.4) is 0 Å². The standard InChI is InChI=1S/C33H23N3O/c1-35-19-33-22-10-3-6-14-26(22)36-25-13-5-2-9-20(25)21-17-18-29(31(33)32(21)36)37-28-16-8-12-24(30(28)33)34-23-11-4-7-15-27(23)35/h2-18,34H,19H2,1H3. The van der Waals surface area contributed by atoms with Gasteiger partial charge in [0.15, 0.2) is 0 Å². The summed E-state index contributed by atoms with van der Waals surface area (Å²) in [6, 6.07) is 37.1. The third kappa shape index (κ3) is 2.21. The molecule has 3 aliphatic rings. The minimum Gasteiger partial charge on any atom is -0.457 e. The zero-order valence-electron chi connectivity index (χ0n) is 20.3. The first-order valence-electron chi connectivity index (χ1n) is 12.8. The van der Waals surface area contributed by atoms with E-state index in [1.165, 1.54) is 49.9 Å². The summed E-state index contributed by atoms with van der Waals surface area (Å²) < 4.78 is 9.20. The summed E-state index contributed by atoms with van der Waals surface area (Å²) >= 11 is 0. The molecule has 3 aliphatic heterocycles. The van der Waals surface area contributed by atoms with Crippen LogP contribution in [0.5, 0.6) is 11.5 Å². The van der Waals surface area contributed by atoms with E-state index in [0.29, 0.717) is 0 Å². The molecule has 0 amide bonds. The lowest BCUT2D eigenvalue weighted by molar-refractivity contribution is 0.418. The zero-order valence-corrected chi connectivity index (χ0v) is 20.3. The van der Waals surface area contributed by atoms with Crippen LogP contribution in [-0.4, -0.2) is 18.2 Å². The Morgan fingerprint density at radius 3 is 2.38 bits per heavy atom. The van der Waals surface area contributed by atoms with Gasteiger partial charge in [0.25, 0.3) is 0 Å². The van der Waals surface area contributed by atoms with Gasteiger partial charge < -0.3 is 19.5 Å². The predicted octanol–water partition coefficient (Wildman–Crippen LogP) is 7.73. The third-order valence-corrected chi connectivity index (χ3v) is 8.56. The fraction of sp³-hybridized carbons (Fsp3) is 0.0909. The van der Waals surface area contributed by atoms with Crippen LogP contribution in [0.2, 0.25) is 0 Å². The second-order valence-electron chi connectivity index (χ2n) is 10.4. The summed E-state index contributed by atoms with van der Waals surface area (Å²) in [6.45, 7) is 0.795. The van der Waals surface area contributed by atoms with Gasteiger partial charge in [0.2, 0.25) is 0 Å². The number of hydrogen-bond acceptors (Lipinski definition) is 3. The Bertz CT molecular complexity index is 1950. The maximum absolute atomic E-state index is 6.75. The highest BCUT2D eigenvalue weighted by Crippen LogP contribution is 2.61. The Morgan fingerprint density at radius 2 is 1.43 bits per heavy atom. The molecule has 37 heavy (non-hydrogen) atoms. The number of hydrogen-bond donors (Lipinski definition) is 1. The van der Waals surface area contributed by atoms with Crippen molar-refractivity contribution in [1.29, 1.82) is 0 Å². The molecular weight excluding hydrogens is 454 g/mol. The van der Waals surface area contributed by atoms with Crippen molar-refractivity contribution in [3.8, 4) is 17.2 Å². The molecule has 1 aromatic heterocycles. The minimum atomic E-state index is -0.421. The maximum atomic E-state index is 6.75. The van der Waals surface area contributed by atoms with Crippen LogP contribution >= 0.6 is 0 Å². The highest BCUT2D eigenvalue weighted by atomic mass is 16.5. The van der Waals surface area contributed by atoms with Gasteiger partial charge in [-0.15, -0.1) is 0 Å². The summed E-state index contributed by atoms with van der Waals surface area (Å²) in [5.41, 5.74) is 10.5. The molecule has 4 nitrogen and oxygen atoms in total. The van der Waals surface area contributed by atoms with Crippen LogP contribution in [0.4, 0.5) is 17.1 Å². The van der Waals surface area contributed by atoms with E-state index in [-0.39, 0.29) is 0 Å². The Kier molecular flexibility index (Phi) is 3.44. The molecule has 9 rings (SSSR count). The summed E-state index contributed by atoms with van der Waals surface area (Å²) in [5, 5.41) is 6.34. The number of nitrogens with zero attached hydrogens (tertiary/aromatic N) is 2. The van der Waals surface area contributed by atoms with Gasteiger partial charge in [-0.25, -0.2) is 0 Å². The van der Waals surface area contributed by atoms with Crippen LogP contribution in [0.15, 0.2) is 103 Å². The number of aromatic nitrogens is 1. The van der Waals surface area contributed by atoms with Gasteiger partial charge in [0.05, 0.1) is 33.5 Å². The van der Waals surface area contributed by atoms with Crippen LogP contribution < -0.4 is 15.0 Å². The van der Waals surface area contributed by atoms with Gasteiger partial charge in [-0.2, -0.15) is 0 Å². The monoisotopic (exact) mass is 477 g/mol. The first-order chi connectivity index (χ1) is 18.3. The highest BCUT2D eigenvalue weighted by Gasteiger charge is 2.52. The zero-order chi connectivity index (χ0) is 24.3. The molecule has 1 N–H and O–H groups in total. The summed E-state index contributed by atoms with van der Waals surface area (Å²) in [4.78, 5) is 2.41. The summed E-state index contributed by atoms with van der Waals surface area (Å²) in [5.74, 6) is 1.86. The normalized spacial score (nSPS) is 18.2. The number of ether oxygens (including phenoxy) is 1. The van der Waals surface area contributed by atoms with Crippen LogP contribution in [0.1, 0.15) is 16.7 Å². The Morgan fingerprint density at radius 1 is 0.676 bits per heavy atom. The van der Waals surface area contributed by atoms with Gasteiger partial charge in [0.1, 0.15) is 11.5 Å². The van der Waals surface area contributed by atoms with Crippen molar-refractivity contribution in [2.75, 3.05) is 23.8 Å². The number of rotatable bonds is 0. The summed E-state index contributed by atoms with van der Waals surface area (Å²) in [6.07, 6.45) is 0. The van der Waals surface area contributed by atoms with Crippen molar-refractivity contribution >= 4 is 38.9 Å². The Labute approximate surface area is 214 Å². The molecule has 0 saturated carbocycles. The predicted molar refractivity (Wildman–Crippen MR) is 150 cm³/mol. The lowest BCUT2D eigenvalue weighted by Crippen LogP contribution is -2.46. The molecule has 0 saturated heterocycles. The number of nitrogens with one attached hydrogen (secondary N) is 1. The quantitative estimate of drug-likeness (QED) is 0.243. The average Bonchev–Trinajstić information content (AvgIpc) is 3.27. The van der Waals surface area contributed by atoms with Crippen LogP contribution in [-0.2, 0) is 5.41 Å². The van der Waals surface area contributed by atoms with E-state index in [1.807, 2.05) is 0 Å². The van der Waals surface area contributed by atoms with Gasteiger partial charge in [0, 0.05) is 41.2 Å². The van der Waals surface area contributed by atoms with Crippen molar-refractivity contribution in [2.45, 2.75) is 5.41 Å². The van der Waals surface area contributed by atoms with E-state index in [2.05, 4.69) is 125 Å². The van der Waals surface area contributed by atoms with Crippen LogP contribution in [0.25, 0.3) is 27.5 Å². The van der Waals surface area contributed by atoms with Gasteiger partial charge >= 0.3 is 0 Å². The smallest absolute Gasteiger partial charge is 0.134 e. The molecule has 176 valence electrons. The molecule has 0 aliphatic carbocycles. The molecule has 0 radical (unpaired) electrons. The molecule has 1 spiro atoms.